The van der Waals surface area contributed by atoms with Gasteiger partial charge in [0.1, 0.15) is 5.92 Å². The van der Waals surface area contributed by atoms with Crippen LogP contribution >= 0.6 is 23.4 Å². The molecule has 0 aliphatic heterocycles. The molecule has 1 fully saturated rings. The Morgan fingerprint density at radius 2 is 1.85 bits per heavy atom. The predicted molar refractivity (Wildman–Crippen MR) is 126 cm³/mol. The summed E-state index contributed by atoms with van der Waals surface area (Å²) in [5.74, 6) is -1.94. The number of amides is 3. The van der Waals surface area contributed by atoms with Crippen molar-refractivity contribution < 1.29 is 18.8 Å². The third-order valence-corrected chi connectivity index (χ3v) is 6.46. The van der Waals surface area contributed by atoms with Crippen LogP contribution in [0.1, 0.15) is 68.1 Å². The maximum absolute atomic E-state index is 13.1. The molecule has 1 aromatic carbocycles. The fourth-order valence-electron chi connectivity index (χ4n) is 4.01. The lowest BCUT2D eigenvalue weighted by atomic mass is 9.83. The molecule has 3 amide bonds. The van der Waals surface area contributed by atoms with Gasteiger partial charge in [-0.05, 0) is 55.7 Å². The molecule has 8 nitrogen and oxygen atoms in total. The average molecular weight is 493 g/mol. The minimum absolute atomic E-state index is 0.182. The molecule has 1 saturated carbocycles. The van der Waals surface area contributed by atoms with Crippen molar-refractivity contribution in [3.05, 3.63) is 40.7 Å². The van der Waals surface area contributed by atoms with E-state index in [2.05, 4.69) is 20.8 Å². The van der Waals surface area contributed by atoms with Crippen LogP contribution in [0.2, 0.25) is 5.02 Å². The van der Waals surface area contributed by atoms with Gasteiger partial charge in [0.05, 0.1) is 5.92 Å². The summed E-state index contributed by atoms with van der Waals surface area (Å²) in [6.07, 6.45) is 5.30. The highest BCUT2D eigenvalue weighted by atomic mass is 35.5. The van der Waals surface area contributed by atoms with E-state index in [1.54, 1.807) is 30.5 Å². The topological polar surface area (TPSA) is 114 Å². The lowest BCUT2D eigenvalue weighted by Crippen LogP contribution is -2.50. The van der Waals surface area contributed by atoms with Gasteiger partial charge in [0.25, 0.3) is 11.1 Å². The molecule has 1 heterocycles. The zero-order valence-corrected chi connectivity index (χ0v) is 20.5. The van der Waals surface area contributed by atoms with Crippen LogP contribution in [-0.4, -0.2) is 40.2 Å². The molecular weight excluding hydrogens is 464 g/mol. The number of nitrogens with one attached hydrogen (secondary N) is 2. The second kappa shape index (κ2) is 11.7. The molecular formula is C23H29ClN4O4S. The van der Waals surface area contributed by atoms with Crippen LogP contribution in [0.25, 0.3) is 0 Å². The van der Waals surface area contributed by atoms with E-state index in [-0.39, 0.29) is 29.7 Å². The maximum Gasteiger partial charge on any atom is 0.276 e. The minimum Gasteiger partial charge on any atom is -0.415 e. The van der Waals surface area contributed by atoms with Crippen molar-refractivity contribution in [2.24, 2.45) is 11.8 Å². The number of nitrogens with zero attached hydrogens (tertiary/aromatic N) is 2. The van der Waals surface area contributed by atoms with Gasteiger partial charge in [-0.2, -0.15) is 0 Å². The van der Waals surface area contributed by atoms with Crippen molar-refractivity contribution in [1.82, 2.24) is 20.8 Å². The number of carbonyl (C=O) groups excluding carboxylic acids is 3. The number of benzene rings is 1. The first-order valence-electron chi connectivity index (χ1n) is 11.1. The number of aromatic nitrogens is 2. The van der Waals surface area contributed by atoms with Gasteiger partial charge in [-0.1, -0.05) is 50.1 Å². The second-order valence-corrected chi connectivity index (χ2v) is 9.82. The summed E-state index contributed by atoms with van der Waals surface area (Å²) in [7, 11) is 0. The van der Waals surface area contributed by atoms with Gasteiger partial charge in [-0.15, -0.1) is 10.2 Å². The molecule has 1 aliphatic carbocycles. The van der Waals surface area contributed by atoms with E-state index in [9.17, 15) is 14.4 Å². The predicted octanol–water partition coefficient (Wildman–Crippen LogP) is 4.21. The third kappa shape index (κ3) is 6.80. The molecule has 3 rings (SSSR count). The minimum atomic E-state index is -0.715. The molecule has 0 spiro atoms. The molecule has 1 aliphatic rings. The first kappa shape index (κ1) is 25.2. The monoisotopic (exact) mass is 492 g/mol. The van der Waals surface area contributed by atoms with E-state index >= 15 is 0 Å². The number of thioether (sulfide) groups is 1. The van der Waals surface area contributed by atoms with Crippen LogP contribution < -0.4 is 10.6 Å². The third-order valence-electron chi connectivity index (χ3n) is 5.69. The summed E-state index contributed by atoms with van der Waals surface area (Å²) in [6.45, 7) is 3.97. The quantitative estimate of drug-likeness (QED) is 0.530. The van der Waals surface area contributed by atoms with E-state index in [0.29, 0.717) is 35.1 Å². The van der Waals surface area contributed by atoms with Crippen LogP contribution in [0.15, 0.2) is 33.9 Å². The Balaban J connectivity index is 1.69. The van der Waals surface area contributed by atoms with Gasteiger partial charge in [0, 0.05) is 16.6 Å². The maximum atomic E-state index is 13.1. The first-order chi connectivity index (χ1) is 15.8. The van der Waals surface area contributed by atoms with Crippen molar-refractivity contribution >= 4 is 41.1 Å². The highest BCUT2D eigenvalue weighted by Gasteiger charge is 2.35. The molecule has 178 valence electrons. The van der Waals surface area contributed by atoms with Crippen molar-refractivity contribution in [2.45, 2.75) is 63.1 Å². The van der Waals surface area contributed by atoms with E-state index in [0.717, 1.165) is 12.8 Å². The number of halogens is 1. The normalized spacial score (nSPS) is 19.2. The zero-order valence-electron chi connectivity index (χ0n) is 19.0. The summed E-state index contributed by atoms with van der Waals surface area (Å²) in [5.41, 5.74) is 0.471. The van der Waals surface area contributed by atoms with Gasteiger partial charge in [0.15, 0.2) is 0 Å². The Bertz CT molecular complexity index is 979. The van der Waals surface area contributed by atoms with Crippen LogP contribution in [0, 0.1) is 11.8 Å². The molecule has 0 unspecified atom stereocenters. The Morgan fingerprint density at radius 3 is 2.48 bits per heavy atom. The lowest BCUT2D eigenvalue weighted by molar-refractivity contribution is -0.135. The fraction of sp³-hybridized carbons (Fsp3) is 0.522. The van der Waals surface area contributed by atoms with Crippen molar-refractivity contribution in [1.29, 1.82) is 0 Å². The molecule has 10 heteroatoms. The van der Waals surface area contributed by atoms with Gasteiger partial charge < -0.3 is 9.73 Å². The molecule has 0 saturated heterocycles. The largest absolute Gasteiger partial charge is 0.415 e. The van der Waals surface area contributed by atoms with Crippen molar-refractivity contribution in [2.75, 3.05) is 6.26 Å². The first-order valence-corrected chi connectivity index (χ1v) is 12.7. The number of hydrogen-bond donors (Lipinski definition) is 2. The van der Waals surface area contributed by atoms with E-state index < -0.39 is 17.7 Å². The molecule has 2 aromatic rings. The lowest BCUT2D eigenvalue weighted by Gasteiger charge is -2.31. The Hall–Kier alpha value is -2.39. The summed E-state index contributed by atoms with van der Waals surface area (Å²) in [4.78, 5) is 38.8. The highest BCUT2D eigenvalue weighted by molar-refractivity contribution is 7.98. The zero-order chi connectivity index (χ0) is 24.0. The number of rotatable bonds is 8. The van der Waals surface area contributed by atoms with Crippen molar-refractivity contribution in [3.8, 4) is 0 Å². The summed E-state index contributed by atoms with van der Waals surface area (Å²) in [5, 5.41) is 14.3. The fourth-order valence-corrected chi connectivity index (χ4v) is 4.42. The SMILES string of the molecule is CSc1nnc([C@H](CC(C)C)C(=O)NC(=O)[C@@H]2CCCC[C@@H]2NC(=O)c2ccc(Cl)cc2)o1. The van der Waals surface area contributed by atoms with E-state index in [1.807, 2.05) is 13.8 Å². The average Bonchev–Trinajstić information content (AvgIpc) is 3.27. The van der Waals surface area contributed by atoms with Crippen molar-refractivity contribution in [3.63, 3.8) is 0 Å². The Morgan fingerprint density at radius 1 is 1.15 bits per heavy atom. The summed E-state index contributed by atoms with van der Waals surface area (Å²) < 4.78 is 5.58. The van der Waals surface area contributed by atoms with Crippen LogP contribution in [-0.2, 0) is 9.59 Å². The Kier molecular flexibility index (Phi) is 8.91. The second-order valence-electron chi connectivity index (χ2n) is 8.62. The molecule has 0 bridgehead atoms. The number of imide groups is 1. The highest BCUT2D eigenvalue weighted by Crippen LogP contribution is 2.28. The summed E-state index contributed by atoms with van der Waals surface area (Å²) in [6, 6.07) is 6.22. The number of hydrogen-bond acceptors (Lipinski definition) is 7. The van der Waals surface area contributed by atoms with E-state index in [1.165, 1.54) is 11.8 Å². The van der Waals surface area contributed by atoms with Gasteiger partial charge in [0.2, 0.25) is 17.7 Å². The number of carbonyl (C=O) groups is 3. The van der Waals surface area contributed by atoms with Gasteiger partial charge in [-0.25, -0.2) is 0 Å². The van der Waals surface area contributed by atoms with Crippen LogP contribution in [0.4, 0.5) is 0 Å². The van der Waals surface area contributed by atoms with E-state index in [4.69, 9.17) is 16.0 Å². The summed E-state index contributed by atoms with van der Waals surface area (Å²) >= 11 is 7.19. The Labute approximate surface area is 202 Å². The van der Waals surface area contributed by atoms with Crippen LogP contribution in [0.3, 0.4) is 0 Å². The molecule has 1 aromatic heterocycles. The molecule has 2 N–H and O–H groups in total. The molecule has 33 heavy (non-hydrogen) atoms. The molecule has 0 radical (unpaired) electrons. The molecule has 3 atom stereocenters. The van der Waals surface area contributed by atoms with Gasteiger partial charge >= 0.3 is 0 Å². The van der Waals surface area contributed by atoms with Gasteiger partial charge in [-0.3, -0.25) is 19.7 Å². The smallest absolute Gasteiger partial charge is 0.276 e. The standard InChI is InChI=1S/C23H29ClN4O4S/c1-13(2)12-17(22-27-28-23(32-22)33-3)21(31)26-20(30)16-6-4-5-7-18(16)25-19(29)14-8-10-15(24)11-9-14/h8-11,13,16-18H,4-7,12H2,1-3H3,(H,25,29)(H,26,30,31)/t16-,17-,18+/m1/s1. The van der Waals surface area contributed by atoms with Crippen LogP contribution in [0.5, 0.6) is 0 Å².